The Morgan fingerprint density at radius 1 is 0.439 bits per heavy atom. The molecular formula is C40H40S. The topological polar surface area (TPSA) is 0 Å². The molecule has 7 rings (SSSR count). The predicted octanol–water partition coefficient (Wildman–Crippen LogP) is 12.9. The Balaban J connectivity index is 1.54. The molecular weight excluding hydrogens is 513 g/mol. The summed E-state index contributed by atoms with van der Waals surface area (Å²) in [5, 5.41) is 14.1. The average Bonchev–Trinajstić information content (AvgIpc) is 3.38. The summed E-state index contributed by atoms with van der Waals surface area (Å²) in [7, 11) is 0. The molecule has 0 amide bonds. The van der Waals surface area contributed by atoms with Crippen molar-refractivity contribution in [1.29, 1.82) is 0 Å². The van der Waals surface area contributed by atoms with Gasteiger partial charge in [-0.3, -0.25) is 0 Å². The van der Waals surface area contributed by atoms with Crippen LogP contribution in [0.4, 0.5) is 0 Å². The van der Waals surface area contributed by atoms with Crippen LogP contribution in [0.1, 0.15) is 76.3 Å². The van der Waals surface area contributed by atoms with E-state index in [1.165, 1.54) is 126 Å². The van der Waals surface area contributed by atoms with Crippen molar-refractivity contribution in [3.05, 3.63) is 96.1 Å². The van der Waals surface area contributed by atoms with E-state index in [1.54, 1.807) is 0 Å². The van der Waals surface area contributed by atoms with E-state index in [2.05, 4.69) is 98.8 Å². The summed E-state index contributed by atoms with van der Waals surface area (Å²) in [5.74, 6) is 0. The maximum atomic E-state index is 2.55. The lowest BCUT2D eigenvalue weighted by Gasteiger charge is -2.13. The number of unbranched alkanes of at least 4 members (excludes halogenated alkanes) is 6. The van der Waals surface area contributed by atoms with Crippen molar-refractivity contribution in [2.24, 2.45) is 0 Å². The van der Waals surface area contributed by atoms with Crippen molar-refractivity contribution in [1.82, 2.24) is 0 Å². The second-order valence-corrected chi connectivity index (χ2v) is 13.1. The molecule has 1 heterocycles. The molecule has 0 nitrogen and oxygen atoms in total. The third-order valence-electron chi connectivity index (χ3n) is 9.18. The number of fused-ring (bicyclic) bond motifs is 9. The van der Waals surface area contributed by atoms with Gasteiger partial charge in [-0.15, -0.1) is 11.3 Å². The van der Waals surface area contributed by atoms with Gasteiger partial charge in [0.05, 0.1) is 0 Å². The monoisotopic (exact) mass is 552 g/mol. The molecule has 206 valence electrons. The zero-order chi connectivity index (χ0) is 27.8. The quantitative estimate of drug-likeness (QED) is 0.117. The van der Waals surface area contributed by atoms with Crippen LogP contribution in [-0.4, -0.2) is 0 Å². The SMILES string of the molecule is CCCCCCc1cc2sc3cc(CCCCCC)c4cc5ccccc5cc4c3c2c2cc3ccccc3cc12. The van der Waals surface area contributed by atoms with Gasteiger partial charge in [-0.1, -0.05) is 101 Å². The summed E-state index contributed by atoms with van der Waals surface area (Å²) in [5.41, 5.74) is 3.05. The molecule has 1 heteroatoms. The molecule has 0 radical (unpaired) electrons. The van der Waals surface area contributed by atoms with Crippen LogP contribution in [-0.2, 0) is 12.8 Å². The zero-order valence-corrected chi connectivity index (χ0v) is 25.4. The Hall–Kier alpha value is -3.42. The largest absolute Gasteiger partial charge is 0.135 e. The molecule has 0 aliphatic heterocycles. The molecule has 1 aromatic heterocycles. The van der Waals surface area contributed by atoms with Crippen molar-refractivity contribution in [2.75, 3.05) is 0 Å². The number of aryl methyl sites for hydroxylation is 2. The van der Waals surface area contributed by atoms with Crippen LogP contribution >= 0.6 is 11.3 Å². The van der Waals surface area contributed by atoms with Gasteiger partial charge in [0, 0.05) is 20.2 Å². The number of benzene rings is 6. The van der Waals surface area contributed by atoms with Gasteiger partial charge in [-0.25, -0.2) is 0 Å². The van der Waals surface area contributed by atoms with Crippen molar-refractivity contribution >= 4 is 74.6 Å². The molecule has 7 aromatic rings. The maximum Gasteiger partial charge on any atom is 0.0364 e. The highest BCUT2D eigenvalue weighted by Crippen LogP contribution is 2.46. The minimum Gasteiger partial charge on any atom is -0.135 e. The molecule has 0 atom stereocenters. The third-order valence-corrected chi connectivity index (χ3v) is 10.3. The summed E-state index contributed by atoms with van der Waals surface area (Å²) in [6.45, 7) is 4.60. The van der Waals surface area contributed by atoms with Gasteiger partial charge in [0.1, 0.15) is 0 Å². The summed E-state index contributed by atoms with van der Waals surface area (Å²) in [6.07, 6.45) is 12.7. The highest BCUT2D eigenvalue weighted by molar-refractivity contribution is 7.26. The standard InChI is InChI=1S/C40H40S/c1-3-5-7-9-19-31-25-37-39(35-23-29-17-13-11-15-27(29)21-33(31)35)40-36-24-30-18-14-12-16-28(30)22-34(36)32(26-38(40)41-37)20-10-8-6-4-2/h11-18,21-26H,3-10,19-20H2,1-2H3. The van der Waals surface area contributed by atoms with Crippen molar-refractivity contribution in [3.63, 3.8) is 0 Å². The molecule has 0 unspecified atom stereocenters. The van der Waals surface area contributed by atoms with Crippen molar-refractivity contribution in [2.45, 2.75) is 78.1 Å². The fraction of sp³-hybridized carbons (Fsp3) is 0.300. The van der Waals surface area contributed by atoms with E-state index in [-0.39, 0.29) is 0 Å². The molecule has 0 aliphatic carbocycles. The summed E-state index contributed by atoms with van der Waals surface area (Å²) < 4.78 is 2.90. The number of rotatable bonds is 10. The van der Waals surface area contributed by atoms with Crippen LogP contribution in [0.2, 0.25) is 0 Å². The van der Waals surface area contributed by atoms with E-state index < -0.39 is 0 Å². The van der Waals surface area contributed by atoms with Gasteiger partial charge in [0.15, 0.2) is 0 Å². The fourth-order valence-electron chi connectivity index (χ4n) is 7.00. The van der Waals surface area contributed by atoms with E-state index in [0.717, 1.165) is 12.8 Å². The fourth-order valence-corrected chi connectivity index (χ4v) is 8.27. The van der Waals surface area contributed by atoms with Crippen LogP contribution in [0, 0.1) is 0 Å². The average molecular weight is 553 g/mol. The van der Waals surface area contributed by atoms with E-state index in [1.807, 2.05) is 11.3 Å². The highest BCUT2D eigenvalue weighted by atomic mass is 32.1. The van der Waals surface area contributed by atoms with Crippen LogP contribution in [0.25, 0.3) is 63.3 Å². The van der Waals surface area contributed by atoms with Gasteiger partial charge in [0.2, 0.25) is 0 Å². The minimum absolute atomic E-state index is 1.16. The smallest absolute Gasteiger partial charge is 0.0364 e. The molecule has 0 aliphatic rings. The molecule has 6 aromatic carbocycles. The molecule has 41 heavy (non-hydrogen) atoms. The van der Waals surface area contributed by atoms with Crippen molar-refractivity contribution in [3.8, 4) is 0 Å². The molecule has 0 fully saturated rings. The van der Waals surface area contributed by atoms with Crippen LogP contribution in [0.5, 0.6) is 0 Å². The molecule has 0 spiro atoms. The van der Waals surface area contributed by atoms with Gasteiger partial charge in [-0.2, -0.15) is 0 Å². The Morgan fingerprint density at radius 3 is 1.22 bits per heavy atom. The first-order valence-corrected chi connectivity index (χ1v) is 16.7. The third kappa shape index (κ3) is 4.89. The second kappa shape index (κ2) is 11.5. The predicted molar refractivity (Wildman–Crippen MR) is 185 cm³/mol. The minimum atomic E-state index is 1.16. The Morgan fingerprint density at radius 2 is 0.829 bits per heavy atom. The lowest BCUT2D eigenvalue weighted by Crippen LogP contribution is -1.91. The first-order chi connectivity index (χ1) is 20.2. The van der Waals surface area contributed by atoms with E-state index in [4.69, 9.17) is 0 Å². The summed E-state index contributed by atoms with van der Waals surface area (Å²) >= 11 is 2.02. The molecule has 0 N–H and O–H groups in total. The van der Waals surface area contributed by atoms with Crippen LogP contribution in [0.15, 0.2) is 84.9 Å². The van der Waals surface area contributed by atoms with E-state index in [9.17, 15) is 0 Å². The molecule has 0 saturated heterocycles. The normalized spacial score (nSPS) is 12.1. The Bertz CT molecular complexity index is 1880. The lowest BCUT2D eigenvalue weighted by atomic mass is 9.90. The van der Waals surface area contributed by atoms with Crippen molar-refractivity contribution < 1.29 is 0 Å². The first kappa shape index (κ1) is 26.5. The van der Waals surface area contributed by atoms with Crippen LogP contribution < -0.4 is 0 Å². The molecule has 0 bridgehead atoms. The summed E-state index contributed by atoms with van der Waals surface area (Å²) in [6, 6.07) is 32.8. The van der Waals surface area contributed by atoms with Gasteiger partial charge in [-0.05, 0) is 116 Å². The van der Waals surface area contributed by atoms with E-state index >= 15 is 0 Å². The Kier molecular flexibility index (Phi) is 7.40. The number of hydrogen-bond acceptors (Lipinski definition) is 1. The second-order valence-electron chi connectivity index (χ2n) is 12.0. The zero-order valence-electron chi connectivity index (χ0n) is 24.6. The van der Waals surface area contributed by atoms with Gasteiger partial charge in [0.25, 0.3) is 0 Å². The lowest BCUT2D eigenvalue weighted by molar-refractivity contribution is 0.668. The number of thiophene rings is 1. The maximum absolute atomic E-state index is 2.55. The first-order valence-electron chi connectivity index (χ1n) is 15.9. The highest BCUT2D eigenvalue weighted by Gasteiger charge is 2.18. The summed E-state index contributed by atoms with van der Waals surface area (Å²) in [4.78, 5) is 0. The number of hydrogen-bond donors (Lipinski definition) is 0. The Labute approximate surface area is 248 Å². The van der Waals surface area contributed by atoms with Gasteiger partial charge >= 0.3 is 0 Å². The van der Waals surface area contributed by atoms with Crippen LogP contribution in [0.3, 0.4) is 0 Å². The van der Waals surface area contributed by atoms with Gasteiger partial charge < -0.3 is 0 Å². The van der Waals surface area contributed by atoms with E-state index in [0.29, 0.717) is 0 Å². The molecule has 0 saturated carbocycles.